The lowest BCUT2D eigenvalue weighted by Gasteiger charge is -2.05. The summed E-state index contributed by atoms with van der Waals surface area (Å²) in [5.74, 6) is -2.22. The molecule has 2 aromatic carbocycles. The second kappa shape index (κ2) is 4.74. The summed E-state index contributed by atoms with van der Waals surface area (Å²) in [4.78, 5) is 11.7. The third kappa shape index (κ3) is 2.66. The molecule has 0 aliphatic carbocycles. The number of nitrogens with one attached hydrogen (secondary N) is 1. The van der Waals surface area contributed by atoms with Gasteiger partial charge in [0.05, 0.1) is 5.56 Å². The molecule has 1 amide bonds. The van der Waals surface area contributed by atoms with E-state index in [1.807, 2.05) is 0 Å². The van der Waals surface area contributed by atoms with Crippen LogP contribution in [0, 0.1) is 17.7 Å². The minimum Gasteiger partial charge on any atom is -0.322 e. The predicted molar refractivity (Wildman–Crippen MR) is 59.6 cm³/mol. The Bertz CT molecular complexity index is 540. The normalized spacial score (nSPS) is 10.0. The summed E-state index contributed by atoms with van der Waals surface area (Å²) < 4.78 is 26.0. The second-order valence-corrected chi connectivity index (χ2v) is 3.37. The van der Waals surface area contributed by atoms with Crippen LogP contribution in [-0.4, -0.2) is 5.91 Å². The van der Waals surface area contributed by atoms with Crippen molar-refractivity contribution in [2.24, 2.45) is 0 Å². The Hall–Kier alpha value is -2.23. The number of hydrogen-bond acceptors (Lipinski definition) is 1. The van der Waals surface area contributed by atoms with Crippen LogP contribution in [-0.2, 0) is 0 Å². The summed E-state index contributed by atoms with van der Waals surface area (Å²) in [6, 6.07) is 12.1. The zero-order valence-electron chi connectivity index (χ0n) is 8.71. The average molecular weight is 232 g/mol. The van der Waals surface area contributed by atoms with Crippen molar-refractivity contribution in [3.8, 4) is 0 Å². The average Bonchev–Trinajstić information content (AvgIpc) is 2.30. The van der Waals surface area contributed by atoms with E-state index in [2.05, 4.69) is 11.4 Å². The highest BCUT2D eigenvalue weighted by atomic mass is 19.1. The Morgan fingerprint density at radius 1 is 1.12 bits per heavy atom. The minimum atomic E-state index is -0.884. The first-order valence-electron chi connectivity index (χ1n) is 4.89. The highest BCUT2D eigenvalue weighted by Crippen LogP contribution is 2.12. The van der Waals surface area contributed by atoms with Gasteiger partial charge in [-0.1, -0.05) is 12.1 Å². The van der Waals surface area contributed by atoms with E-state index in [1.54, 1.807) is 24.3 Å². The van der Waals surface area contributed by atoms with E-state index in [4.69, 9.17) is 0 Å². The smallest absolute Gasteiger partial charge is 0.258 e. The molecule has 0 aliphatic rings. The largest absolute Gasteiger partial charge is 0.322 e. The van der Waals surface area contributed by atoms with Gasteiger partial charge < -0.3 is 5.32 Å². The molecule has 0 aliphatic heterocycles. The third-order valence-corrected chi connectivity index (χ3v) is 2.15. The van der Waals surface area contributed by atoms with Gasteiger partial charge >= 0.3 is 0 Å². The number of halogens is 2. The Morgan fingerprint density at radius 2 is 1.82 bits per heavy atom. The molecule has 0 bridgehead atoms. The van der Waals surface area contributed by atoms with Gasteiger partial charge in [-0.25, -0.2) is 8.78 Å². The Kier molecular flexibility index (Phi) is 3.14. The van der Waals surface area contributed by atoms with Crippen LogP contribution in [0.3, 0.4) is 0 Å². The molecule has 0 aromatic heterocycles. The van der Waals surface area contributed by atoms with Gasteiger partial charge in [-0.2, -0.15) is 0 Å². The van der Waals surface area contributed by atoms with E-state index in [0.29, 0.717) is 11.8 Å². The number of hydrogen-bond donors (Lipinski definition) is 1. The van der Waals surface area contributed by atoms with E-state index in [-0.39, 0.29) is 5.56 Å². The molecule has 17 heavy (non-hydrogen) atoms. The molecule has 0 unspecified atom stereocenters. The molecule has 0 fully saturated rings. The van der Waals surface area contributed by atoms with Gasteiger partial charge in [0.15, 0.2) is 0 Å². The lowest BCUT2D eigenvalue weighted by molar-refractivity contribution is 0.102. The first-order valence-corrected chi connectivity index (χ1v) is 4.89. The molecular weight excluding hydrogens is 224 g/mol. The van der Waals surface area contributed by atoms with E-state index in [0.717, 1.165) is 12.1 Å². The van der Waals surface area contributed by atoms with Gasteiger partial charge in [-0.15, -0.1) is 0 Å². The number of benzene rings is 2. The number of rotatable bonds is 2. The SMILES string of the molecule is O=C(Nc1cc[c]cc1)c1ccc(F)cc1F. The van der Waals surface area contributed by atoms with Gasteiger partial charge in [-0.3, -0.25) is 4.79 Å². The lowest BCUT2D eigenvalue weighted by Crippen LogP contribution is -2.13. The maximum Gasteiger partial charge on any atom is 0.258 e. The van der Waals surface area contributed by atoms with Gasteiger partial charge in [0, 0.05) is 11.8 Å². The maximum absolute atomic E-state index is 13.3. The summed E-state index contributed by atoms with van der Waals surface area (Å²) in [6.07, 6.45) is 0. The molecule has 2 rings (SSSR count). The molecule has 0 heterocycles. The lowest BCUT2D eigenvalue weighted by atomic mass is 10.2. The molecular formula is C13H8F2NO. The molecule has 0 spiro atoms. The Morgan fingerprint density at radius 3 is 2.47 bits per heavy atom. The van der Waals surface area contributed by atoms with Crippen LogP contribution in [0.15, 0.2) is 42.5 Å². The van der Waals surface area contributed by atoms with Gasteiger partial charge in [0.25, 0.3) is 5.91 Å². The summed E-state index contributed by atoms with van der Waals surface area (Å²) in [6.45, 7) is 0. The van der Waals surface area contributed by atoms with E-state index >= 15 is 0 Å². The highest BCUT2D eigenvalue weighted by Gasteiger charge is 2.12. The van der Waals surface area contributed by atoms with Crippen molar-refractivity contribution in [2.45, 2.75) is 0 Å². The molecule has 1 N–H and O–H groups in total. The molecule has 0 atom stereocenters. The monoisotopic (exact) mass is 232 g/mol. The molecule has 4 heteroatoms. The van der Waals surface area contributed by atoms with Crippen LogP contribution in [0.4, 0.5) is 14.5 Å². The Labute approximate surface area is 96.9 Å². The summed E-state index contributed by atoms with van der Waals surface area (Å²) in [5.41, 5.74) is 0.330. The van der Waals surface area contributed by atoms with Gasteiger partial charge in [-0.05, 0) is 30.3 Å². The van der Waals surface area contributed by atoms with Crippen molar-refractivity contribution in [2.75, 3.05) is 5.32 Å². The van der Waals surface area contributed by atoms with Crippen LogP contribution in [0.5, 0.6) is 0 Å². The Balaban J connectivity index is 2.21. The first-order chi connectivity index (χ1) is 8.16. The molecule has 1 radical (unpaired) electrons. The predicted octanol–water partition coefficient (Wildman–Crippen LogP) is 3.02. The van der Waals surface area contributed by atoms with Crippen molar-refractivity contribution < 1.29 is 13.6 Å². The number of carbonyl (C=O) groups excluding carboxylic acids is 1. The van der Waals surface area contributed by atoms with E-state index < -0.39 is 17.5 Å². The number of anilines is 1. The van der Waals surface area contributed by atoms with Gasteiger partial charge in [0.1, 0.15) is 11.6 Å². The fourth-order valence-corrected chi connectivity index (χ4v) is 1.34. The summed E-state index contributed by atoms with van der Waals surface area (Å²) in [7, 11) is 0. The number of carbonyl (C=O) groups is 1. The van der Waals surface area contributed by atoms with Crippen LogP contribution >= 0.6 is 0 Å². The molecule has 2 nitrogen and oxygen atoms in total. The minimum absolute atomic E-state index is 0.195. The highest BCUT2D eigenvalue weighted by molar-refractivity contribution is 6.04. The molecule has 2 aromatic rings. The van der Waals surface area contributed by atoms with E-state index in [9.17, 15) is 13.6 Å². The quantitative estimate of drug-likeness (QED) is 0.847. The second-order valence-electron chi connectivity index (χ2n) is 3.37. The van der Waals surface area contributed by atoms with Crippen molar-refractivity contribution in [3.05, 3.63) is 65.7 Å². The zero-order valence-corrected chi connectivity index (χ0v) is 8.71. The molecule has 0 saturated carbocycles. The zero-order chi connectivity index (χ0) is 12.3. The van der Waals surface area contributed by atoms with Crippen LogP contribution in [0.2, 0.25) is 0 Å². The molecule has 85 valence electrons. The van der Waals surface area contributed by atoms with Gasteiger partial charge in [0.2, 0.25) is 0 Å². The third-order valence-electron chi connectivity index (χ3n) is 2.15. The summed E-state index contributed by atoms with van der Waals surface area (Å²) >= 11 is 0. The summed E-state index contributed by atoms with van der Waals surface area (Å²) in [5, 5.41) is 2.50. The standard InChI is InChI=1S/C13H8F2NO/c14-9-6-7-11(12(15)8-9)13(17)16-10-4-2-1-3-5-10/h2-8H,(H,16,17). The van der Waals surface area contributed by atoms with Crippen LogP contribution < -0.4 is 5.32 Å². The topological polar surface area (TPSA) is 29.1 Å². The number of amides is 1. The van der Waals surface area contributed by atoms with Crippen molar-refractivity contribution in [3.63, 3.8) is 0 Å². The van der Waals surface area contributed by atoms with E-state index in [1.165, 1.54) is 0 Å². The van der Waals surface area contributed by atoms with Crippen molar-refractivity contribution >= 4 is 11.6 Å². The van der Waals surface area contributed by atoms with Crippen LogP contribution in [0.25, 0.3) is 0 Å². The fourth-order valence-electron chi connectivity index (χ4n) is 1.34. The first kappa shape index (κ1) is 11.3. The maximum atomic E-state index is 13.3. The fraction of sp³-hybridized carbons (Fsp3) is 0. The molecule has 0 saturated heterocycles. The van der Waals surface area contributed by atoms with Crippen molar-refractivity contribution in [1.82, 2.24) is 0 Å². The van der Waals surface area contributed by atoms with Crippen molar-refractivity contribution in [1.29, 1.82) is 0 Å². The van der Waals surface area contributed by atoms with Crippen LogP contribution in [0.1, 0.15) is 10.4 Å².